The van der Waals surface area contributed by atoms with Crippen molar-refractivity contribution >= 4 is 17.7 Å². The molecule has 2 unspecified atom stereocenters. The van der Waals surface area contributed by atoms with Crippen LogP contribution in [0.2, 0.25) is 0 Å². The number of anilines is 1. The maximum Gasteiger partial charge on any atom is 0.414 e. The molecule has 2 fully saturated rings. The van der Waals surface area contributed by atoms with E-state index in [1.54, 1.807) is 30.5 Å². The van der Waals surface area contributed by atoms with Crippen LogP contribution in [0.15, 0.2) is 42.7 Å². The monoisotopic (exact) mass is 391 g/mol. The van der Waals surface area contributed by atoms with Gasteiger partial charge in [0.25, 0.3) is 5.92 Å². The van der Waals surface area contributed by atoms with E-state index < -0.39 is 42.2 Å². The lowest BCUT2D eigenvalue weighted by Crippen LogP contribution is -2.36. The summed E-state index contributed by atoms with van der Waals surface area (Å²) in [5.74, 6) is -5.54. The Morgan fingerprint density at radius 2 is 2.14 bits per heavy atom. The van der Waals surface area contributed by atoms with E-state index in [2.05, 4.69) is 10.3 Å². The molecule has 1 aliphatic heterocycles. The summed E-state index contributed by atoms with van der Waals surface area (Å²) in [5, 5.41) is 2.37. The van der Waals surface area contributed by atoms with E-state index in [1.165, 1.54) is 17.2 Å². The number of aromatic nitrogens is 1. The summed E-state index contributed by atoms with van der Waals surface area (Å²) < 4.78 is 45.4. The van der Waals surface area contributed by atoms with E-state index in [0.717, 1.165) is 0 Å². The molecular weight excluding hydrogens is 375 g/mol. The molecule has 1 saturated heterocycles. The van der Waals surface area contributed by atoms with Crippen LogP contribution in [0, 0.1) is 11.7 Å². The molecule has 1 aromatic heterocycles. The second-order valence-electron chi connectivity index (χ2n) is 6.79. The van der Waals surface area contributed by atoms with Crippen molar-refractivity contribution in [2.75, 3.05) is 18.0 Å². The predicted octanol–water partition coefficient (Wildman–Crippen LogP) is 2.98. The summed E-state index contributed by atoms with van der Waals surface area (Å²) in [7, 11) is 0. The topological polar surface area (TPSA) is 71.5 Å². The van der Waals surface area contributed by atoms with Crippen LogP contribution in [0.3, 0.4) is 0 Å². The number of rotatable bonds is 5. The van der Waals surface area contributed by atoms with Crippen LogP contribution in [-0.2, 0) is 9.53 Å². The highest BCUT2D eigenvalue weighted by atomic mass is 19.3. The van der Waals surface area contributed by atoms with Crippen LogP contribution >= 0.6 is 0 Å². The number of carbonyl (C=O) groups excluding carboxylic acids is 2. The van der Waals surface area contributed by atoms with Crippen molar-refractivity contribution in [3.8, 4) is 11.1 Å². The maximum atomic E-state index is 14.5. The Bertz CT molecular complexity index is 923. The molecule has 6 nitrogen and oxygen atoms in total. The van der Waals surface area contributed by atoms with Crippen molar-refractivity contribution in [1.29, 1.82) is 0 Å². The molecule has 1 N–H and O–H groups in total. The summed E-state index contributed by atoms with van der Waals surface area (Å²) in [4.78, 5) is 28.9. The molecule has 2 aromatic rings. The molecule has 0 spiro atoms. The third-order valence-corrected chi connectivity index (χ3v) is 4.76. The third-order valence-electron chi connectivity index (χ3n) is 4.76. The number of cyclic esters (lactones) is 1. The summed E-state index contributed by atoms with van der Waals surface area (Å²) in [5.41, 5.74) is 1.25. The average molecular weight is 391 g/mol. The molecule has 4 rings (SSSR count). The number of amides is 2. The minimum Gasteiger partial charge on any atom is -0.442 e. The maximum absolute atomic E-state index is 14.5. The second-order valence-corrected chi connectivity index (χ2v) is 6.79. The van der Waals surface area contributed by atoms with Crippen LogP contribution in [-0.4, -0.2) is 42.1 Å². The summed E-state index contributed by atoms with van der Waals surface area (Å²) in [6.07, 6.45) is 1.26. The number of nitrogens with zero attached hydrogens (tertiary/aromatic N) is 2. The molecule has 0 radical (unpaired) electrons. The van der Waals surface area contributed by atoms with Crippen LogP contribution in [0.1, 0.15) is 6.42 Å². The fraction of sp³-hybridized carbons (Fsp3) is 0.316. The molecule has 28 heavy (non-hydrogen) atoms. The Balaban J connectivity index is 1.40. The number of benzene rings is 1. The van der Waals surface area contributed by atoms with Gasteiger partial charge >= 0.3 is 6.09 Å². The smallest absolute Gasteiger partial charge is 0.414 e. The van der Waals surface area contributed by atoms with E-state index in [1.807, 2.05) is 0 Å². The highest BCUT2D eigenvalue weighted by molar-refractivity contribution is 5.90. The molecule has 1 aliphatic carbocycles. The van der Waals surface area contributed by atoms with E-state index in [0.29, 0.717) is 16.8 Å². The summed E-state index contributed by atoms with van der Waals surface area (Å²) in [6, 6.07) is 7.75. The first kappa shape index (κ1) is 18.3. The normalized spacial score (nSPS) is 22.7. The van der Waals surface area contributed by atoms with E-state index in [-0.39, 0.29) is 13.1 Å². The van der Waals surface area contributed by atoms with Gasteiger partial charge in [-0.05, 0) is 24.3 Å². The predicted molar refractivity (Wildman–Crippen MR) is 93.3 cm³/mol. The van der Waals surface area contributed by atoms with Crippen LogP contribution in [0.25, 0.3) is 11.1 Å². The molecule has 146 valence electrons. The van der Waals surface area contributed by atoms with Gasteiger partial charge in [0.15, 0.2) is 0 Å². The number of pyridine rings is 1. The molecule has 2 amide bonds. The molecular formula is C19H16F3N3O3. The molecule has 1 aromatic carbocycles. The third kappa shape index (κ3) is 3.51. The standard InChI is InChI=1S/C19H16F3N3O3/c20-16-6-12(3-4-14(16)11-2-1-5-23-8-11)25-10-13(28-18(25)27)9-24-17(26)15-7-19(15,21)22/h1-6,8,13,15H,7,9-10H2,(H,24,26). The van der Waals surface area contributed by atoms with Crippen molar-refractivity contribution in [1.82, 2.24) is 10.3 Å². The average Bonchev–Trinajstić information content (AvgIpc) is 3.15. The lowest BCUT2D eigenvalue weighted by Gasteiger charge is -2.14. The van der Waals surface area contributed by atoms with Gasteiger partial charge in [-0.25, -0.2) is 18.0 Å². The van der Waals surface area contributed by atoms with Crippen LogP contribution in [0.5, 0.6) is 0 Å². The first-order chi connectivity index (χ1) is 13.3. The fourth-order valence-corrected chi connectivity index (χ4v) is 3.10. The highest BCUT2D eigenvalue weighted by Gasteiger charge is 2.61. The molecule has 1 saturated carbocycles. The summed E-state index contributed by atoms with van der Waals surface area (Å²) in [6.45, 7) is -0.00421. The summed E-state index contributed by atoms with van der Waals surface area (Å²) >= 11 is 0. The number of halogens is 3. The van der Waals surface area contributed by atoms with Crippen molar-refractivity contribution < 1.29 is 27.5 Å². The number of hydrogen-bond donors (Lipinski definition) is 1. The SMILES string of the molecule is O=C(NCC1CN(c2ccc(-c3cccnc3)c(F)c2)C(=O)O1)C1CC1(F)F. The first-order valence-electron chi connectivity index (χ1n) is 8.69. The lowest BCUT2D eigenvalue weighted by atomic mass is 10.1. The zero-order valence-corrected chi connectivity index (χ0v) is 14.6. The largest absolute Gasteiger partial charge is 0.442 e. The lowest BCUT2D eigenvalue weighted by molar-refractivity contribution is -0.124. The number of alkyl halides is 2. The Morgan fingerprint density at radius 1 is 1.36 bits per heavy atom. The van der Waals surface area contributed by atoms with Crippen molar-refractivity contribution in [3.05, 3.63) is 48.5 Å². The first-order valence-corrected chi connectivity index (χ1v) is 8.69. The molecule has 0 bridgehead atoms. The minimum absolute atomic E-state index is 0.0753. The van der Waals surface area contributed by atoms with E-state index in [4.69, 9.17) is 4.74 Å². The van der Waals surface area contributed by atoms with Gasteiger partial charge in [-0.1, -0.05) is 6.07 Å². The Morgan fingerprint density at radius 3 is 2.79 bits per heavy atom. The van der Waals surface area contributed by atoms with Crippen molar-refractivity contribution in [2.45, 2.75) is 18.4 Å². The molecule has 2 atom stereocenters. The quantitative estimate of drug-likeness (QED) is 0.851. The Hall–Kier alpha value is -3.10. The number of hydrogen-bond acceptors (Lipinski definition) is 4. The molecule has 9 heteroatoms. The Kier molecular flexibility index (Phi) is 4.44. The zero-order valence-electron chi connectivity index (χ0n) is 14.6. The van der Waals surface area contributed by atoms with Gasteiger partial charge < -0.3 is 10.1 Å². The molecule has 2 heterocycles. The Labute approximate surface area is 158 Å². The zero-order chi connectivity index (χ0) is 19.9. The molecule has 2 aliphatic rings. The van der Waals surface area contributed by atoms with Gasteiger partial charge in [0.1, 0.15) is 17.8 Å². The van der Waals surface area contributed by atoms with Crippen LogP contribution < -0.4 is 10.2 Å². The highest BCUT2D eigenvalue weighted by Crippen LogP contribution is 2.48. The van der Waals surface area contributed by atoms with Crippen LogP contribution in [0.4, 0.5) is 23.7 Å². The van der Waals surface area contributed by atoms with E-state index in [9.17, 15) is 22.8 Å². The van der Waals surface area contributed by atoms with Gasteiger partial charge in [0.05, 0.1) is 18.8 Å². The minimum atomic E-state index is -2.95. The number of ether oxygens (including phenoxy) is 1. The van der Waals surface area contributed by atoms with Gasteiger partial charge in [-0.3, -0.25) is 14.7 Å². The van der Waals surface area contributed by atoms with Gasteiger partial charge in [-0.2, -0.15) is 0 Å². The van der Waals surface area contributed by atoms with E-state index >= 15 is 0 Å². The number of carbonyl (C=O) groups is 2. The van der Waals surface area contributed by atoms with Crippen molar-refractivity contribution in [2.24, 2.45) is 5.92 Å². The second kappa shape index (κ2) is 6.81. The van der Waals surface area contributed by atoms with Gasteiger partial charge in [0, 0.05) is 29.9 Å². The fourth-order valence-electron chi connectivity index (χ4n) is 3.10. The van der Waals surface area contributed by atoms with Gasteiger partial charge in [0.2, 0.25) is 5.91 Å². The van der Waals surface area contributed by atoms with Crippen molar-refractivity contribution in [3.63, 3.8) is 0 Å². The van der Waals surface area contributed by atoms with Gasteiger partial charge in [-0.15, -0.1) is 0 Å². The number of nitrogens with one attached hydrogen (secondary N) is 1.